The van der Waals surface area contributed by atoms with Crippen molar-refractivity contribution in [1.82, 2.24) is 15.3 Å². The number of hydrogen-bond donors (Lipinski definition) is 1. The van der Waals surface area contributed by atoms with Crippen LogP contribution in [0, 0.1) is 18.3 Å². The van der Waals surface area contributed by atoms with Gasteiger partial charge in [-0.25, -0.2) is 9.97 Å². The first-order valence-corrected chi connectivity index (χ1v) is 6.80. The average Bonchev–Trinajstić information content (AvgIpc) is 2.12. The van der Waals surface area contributed by atoms with Crippen LogP contribution in [0.1, 0.15) is 51.8 Å². The van der Waals surface area contributed by atoms with Crippen LogP contribution in [0.2, 0.25) is 0 Å². The van der Waals surface area contributed by atoms with E-state index >= 15 is 0 Å². The minimum absolute atomic E-state index is 0.233. The Kier molecular flexibility index (Phi) is 5.27. The van der Waals surface area contributed by atoms with Crippen molar-refractivity contribution in [1.29, 1.82) is 0 Å². The molecule has 0 aliphatic heterocycles. The molecule has 0 atom stereocenters. The summed E-state index contributed by atoms with van der Waals surface area (Å²) in [5.41, 5.74) is 2.39. The van der Waals surface area contributed by atoms with E-state index in [-0.39, 0.29) is 5.41 Å². The van der Waals surface area contributed by atoms with Gasteiger partial charge in [0, 0.05) is 18.7 Å². The summed E-state index contributed by atoms with van der Waals surface area (Å²) in [7, 11) is 0. The van der Waals surface area contributed by atoms with Crippen molar-refractivity contribution < 1.29 is 0 Å². The Morgan fingerprint density at radius 3 is 2.44 bits per heavy atom. The lowest BCUT2D eigenvalue weighted by atomic mass is 9.92. The number of rotatable bonds is 5. The van der Waals surface area contributed by atoms with Gasteiger partial charge in [0.15, 0.2) is 0 Å². The smallest absolute Gasteiger partial charge is 0.129 e. The van der Waals surface area contributed by atoms with Gasteiger partial charge in [-0.3, -0.25) is 0 Å². The first-order valence-electron chi connectivity index (χ1n) is 6.80. The van der Waals surface area contributed by atoms with Crippen molar-refractivity contribution >= 4 is 0 Å². The van der Waals surface area contributed by atoms with Crippen LogP contribution < -0.4 is 5.32 Å². The third-order valence-corrected chi connectivity index (χ3v) is 2.50. The molecule has 0 saturated heterocycles. The fraction of sp³-hybridized carbons (Fsp3) is 0.733. The summed E-state index contributed by atoms with van der Waals surface area (Å²) in [5.74, 6) is 1.63. The van der Waals surface area contributed by atoms with Crippen LogP contribution in [0.15, 0.2) is 6.07 Å². The zero-order chi connectivity index (χ0) is 13.8. The van der Waals surface area contributed by atoms with Crippen LogP contribution in [0.4, 0.5) is 0 Å². The van der Waals surface area contributed by atoms with Crippen LogP contribution >= 0.6 is 0 Å². The molecule has 0 bridgehead atoms. The van der Waals surface area contributed by atoms with Crippen molar-refractivity contribution in [3.63, 3.8) is 0 Å². The first kappa shape index (κ1) is 15.1. The quantitative estimate of drug-likeness (QED) is 0.871. The third kappa shape index (κ3) is 6.10. The standard InChI is InChI=1S/C15H27N3/c1-11(2)9-16-10-13-7-12(3)17-14(18-13)8-15(4,5)6/h7,11,16H,8-10H2,1-6H3. The number of aromatic nitrogens is 2. The summed E-state index contributed by atoms with van der Waals surface area (Å²) in [6.07, 6.45) is 0.922. The van der Waals surface area contributed by atoms with E-state index < -0.39 is 0 Å². The summed E-state index contributed by atoms with van der Waals surface area (Å²) < 4.78 is 0. The molecule has 3 heteroatoms. The highest BCUT2D eigenvalue weighted by atomic mass is 14.9. The second-order valence-corrected chi connectivity index (χ2v) is 6.68. The highest BCUT2D eigenvalue weighted by molar-refractivity contribution is 5.10. The van der Waals surface area contributed by atoms with Gasteiger partial charge in [-0.2, -0.15) is 0 Å². The molecule has 0 saturated carbocycles. The van der Waals surface area contributed by atoms with Gasteiger partial charge in [0.1, 0.15) is 5.82 Å². The van der Waals surface area contributed by atoms with E-state index in [1.807, 2.05) is 6.92 Å². The number of nitrogens with zero attached hydrogens (tertiary/aromatic N) is 2. The molecule has 0 radical (unpaired) electrons. The van der Waals surface area contributed by atoms with Crippen LogP contribution in [-0.4, -0.2) is 16.5 Å². The Hall–Kier alpha value is -0.960. The van der Waals surface area contributed by atoms with Gasteiger partial charge in [-0.1, -0.05) is 34.6 Å². The Morgan fingerprint density at radius 1 is 1.22 bits per heavy atom. The summed E-state index contributed by atoms with van der Waals surface area (Å²) in [6, 6.07) is 2.07. The average molecular weight is 249 g/mol. The Balaban J connectivity index is 2.69. The van der Waals surface area contributed by atoms with E-state index in [2.05, 4.69) is 56.0 Å². The molecule has 0 aliphatic carbocycles. The second-order valence-electron chi connectivity index (χ2n) is 6.68. The number of aryl methyl sites for hydroxylation is 1. The predicted molar refractivity (Wildman–Crippen MR) is 76.5 cm³/mol. The Morgan fingerprint density at radius 2 is 1.89 bits per heavy atom. The molecule has 1 rings (SSSR count). The lowest BCUT2D eigenvalue weighted by Crippen LogP contribution is -2.21. The lowest BCUT2D eigenvalue weighted by molar-refractivity contribution is 0.399. The Labute approximate surface area is 111 Å². The maximum atomic E-state index is 4.64. The van der Waals surface area contributed by atoms with Gasteiger partial charge < -0.3 is 5.32 Å². The first-order chi connectivity index (χ1) is 8.26. The minimum Gasteiger partial charge on any atom is -0.311 e. The van der Waals surface area contributed by atoms with E-state index in [4.69, 9.17) is 0 Å². The fourth-order valence-corrected chi connectivity index (χ4v) is 1.83. The van der Waals surface area contributed by atoms with Gasteiger partial charge in [0.25, 0.3) is 0 Å². The molecule has 0 amide bonds. The number of hydrogen-bond acceptors (Lipinski definition) is 3. The molecule has 18 heavy (non-hydrogen) atoms. The molecule has 3 nitrogen and oxygen atoms in total. The maximum absolute atomic E-state index is 4.64. The van der Waals surface area contributed by atoms with Crippen molar-refractivity contribution in [3.05, 3.63) is 23.3 Å². The SMILES string of the molecule is Cc1cc(CNCC(C)C)nc(CC(C)(C)C)n1. The fourth-order valence-electron chi connectivity index (χ4n) is 1.83. The molecule has 0 aliphatic rings. The number of nitrogens with one attached hydrogen (secondary N) is 1. The van der Waals surface area contributed by atoms with Crippen molar-refractivity contribution in [2.45, 2.75) is 54.5 Å². The normalized spacial score (nSPS) is 12.2. The van der Waals surface area contributed by atoms with E-state index in [1.54, 1.807) is 0 Å². The topological polar surface area (TPSA) is 37.8 Å². The molecule has 0 fully saturated rings. The van der Waals surface area contributed by atoms with Crippen molar-refractivity contribution in [2.75, 3.05) is 6.54 Å². The van der Waals surface area contributed by atoms with Crippen LogP contribution in [0.25, 0.3) is 0 Å². The summed E-state index contributed by atoms with van der Waals surface area (Å²) in [4.78, 5) is 9.17. The van der Waals surface area contributed by atoms with Crippen LogP contribution in [0.3, 0.4) is 0 Å². The highest BCUT2D eigenvalue weighted by Gasteiger charge is 2.14. The molecular formula is C15H27N3. The van der Waals surface area contributed by atoms with E-state index in [9.17, 15) is 0 Å². The second kappa shape index (κ2) is 6.28. The molecular weight excluding hydrogens is 222 g/mol. The zero-order valence-electron chi connectivity index (χ0n) is 12.7. The van der Waals surface area contributed by atoms with Gasteiger partial charge >= 0.3 is 0 Å². The Bertz CT molecular complexity index is 378. The summed E-state index contributed by atoms with van der Waals surface area (Å²) in [6.45, 7) is 15.0. The van der Waals surface area contributed by atoms with Crippen LogP contribution in [-0.2, 0) is 13.0 Å². The highest BCUT2D eigenvalue weighted by Crippen LogP contribution is 2.18. The molecule has 0 unspecified atom stereocenters. The molecule has 1 aromatic rings. The van der Waals surface area contributed by atoms with Crippen LogP contribution in [0.5, 0.6) is 0 Å². The van der Waals surface area contributed by atoms with Gasteiger partial charge in [-0.05, 0) is 30.9 Å². The lowest BCUT2D eigenvalue weighted by Gasteiger charge is -2.17. The maximum Gasteiger partial charge on any atom is 0.129 e. The van der Waals surface area contributed by atoms with Crippen molar-refractivity contribution in [2.24, 2.45) is 11.3 Å². The predicted octanol–water partition coefficient (Wildman–Crippen LogP) is 3.12. The van der Waals surface area contributed by atoms with Gasteiger partial charge in [0.05, 0.1) is 5.69 Å². The molecule has 102 valence electrons. The molecule has 0 spiro atoms. The summed E-state index contributed by atoms with van der Waals surface area (Å²) >= 11 is 0. The molecule has 1 heterocycles. The molecule has 1 aromatic heterocycles. The third-order valence-electron chi connectivity index (χ3n) is 2.50. The van der Waals surface area contributed by atoms with Gasteiger partial charge in [0.2, 0.25) is 0 Å². The van der Waals surface area contributed by atoms with Crippen molar-refractivity contribution in [3.8, 4) is 0 Å². The van der Waals surface area contributed by atoms with E-state index in [0.717, 1.165) is 36.7 Å². The largest absolute Gasteiger partial charge is 0.311 e. The van der Waals surface area contributed by atoms with E-state index in [0.29, 0.717) is 5.92 Å². The minimum atomic E-state index is 0.233. The van der Waals surface area contributed by atoms with E-state index in [1.165, 1.54) is 0 Å². The summed E-state index contributed by atoms with van der Waals surface area (Å²) in [5, 5.41) is 3.43. The molecule has 1 N–H and O–H groups in total. The monoisotopic (exact) mass is 249 g/mol. The molecule has 0 aromatic carbocycles. The van der Waals surface area contributed by atoms with Gasteiger partial charge in [-0.15, -0.1) is 0 Å². The zero-order valence-corrected chi connectivity index (χ0v) is 12.7.